The van der Waals surface area contributed by atoms with Crippen LogP contribution >= 0.6 is 0 Å². The van der Waals surface area contributed by atoms with Crippen molar-refractivity contribution in [1.82, 2.24) is 4.90 Å². The molecule has 0 unspecified atom stereocenters. The highest BCUT2D eigenvalue weighted by molar-refractivity contribution is 5.77. The fraction of sp³-hybridized carbons (Fsp3) is 0.909. The van der Waals surface area contributed by atoms with E-state index in [9.17, 15) is 18.0 Å². The average Bonchev–Trinajstić information content (AvgIpc) is 2.07. The van der Waals surface area contributed by atoms with Crippen LogP contribution in [0.3, 0.4) is 0 Å². The van der Waals surface area contributed by atoms with Crippen molar-refractivity contribution in [2.45, 2.75) is 52.4 Å². The molecule has 0 spiro atoms. The summed E-state index contributed by atoms with van der Waals surface area (Å²) in [5.74, 6) is -0.646. The number of ether oxygens (including phenoxy) is 1. The first-order chi connectivity index (χ1) is 7.42. The van der Waals surface area contributed by atoms with Gasteiger partial charge in [-0.25, -0.2) is 0 Å². The van der Waals surface area contributed by atoms with E-state index in [1.54, 1.807) is 34.6 Å². The van der Waals surface area contributed by atoms with E-state index >= 15 is 0 Å². The molecule has 0 aromatic heterocycles. The van der Waals surface area contributed by atoms with Crippen LogP contribution < -0.4 is 0 Å². The lowest BCUT2D eigenvalue weighted by Gasteiger charge is -2.29. The van der Waals surface area contributed by atoms with Crippen LogP contribution in [0.5, 0.6) is 0 Å². The smallest absolute Gasteiger partial charge is 0.366 e. The molecule has 0 fully saturated rings. The van der Waals surface area contributed by atoms with Crippen LogP contribution in [-0.2, 0) is 9.53 Å². The van der Waals surface area contributed by atoms with E-state index in [-0.39, 0.29) is 6.61 Å². The molecule has 102 valence electrons. The SMILES string of the molecule is CC(C)N(CC(F)(F)F)C(=O)COC(C)(C)C. The lowest BCUT2D eigenvalue weighted by molar-refractivity contribution is -0.169. The highest BCUT2D eigenvalue weighted by atomic mass is 19.4. The van der Waals surface area contributed by atoms with E-state index < -0.39 is 30.3 Å². The van der Waals surface area contributed by atoms with E-state index in [2.05, 4.69) is 0 Å². The minimum atomic E-state index is -4.39. The average molecular weight is 255 g/mol. The number of amides is 1. The number of carbonyl (C=O) groups is 1. The molecule has 0 radical (unpaired) electrons. The third kappa shape index (κ3) is 8.01. The summed E-state index contributed by atoms with van der Waals surface area (Å²) >= 11 is 0. The van der Waals surface area contributed by atoms with Gasteiger partial charge in [0.05, 0.1) is 5.60 Å². The van der Waals surface area contributed by atoms with Crippen molar-refractivity contribution in [1.29, 1.82) is 0 Å². The minimum absolute atomic E-state index is 0.336. The van der Waals surface area contributed by atoms with Gasteiger partial charge in [-0.05, 0) is 34.6 Å². The van der Waals surface area contributed by atoms with Crippen LogP contribution in [0.1, 0.15) is 34.6 Å². The van der Waals surface area contributed by atoms with Crippen molar-refractivity contribution in [2.75, 3.05) is 13.2 Å². The fourth-order valence-electron chi connectivity index (χ4n) is 1.11. The van der Waals surface area contributed by atoms with Gasteiger partial charge in [0, 0.05) is 6.04 Å². The molecule has 0 rings (SSSR count). The van der Waals surface area contributed by atoms with Crippen LogP contribution in [0.25, 0.3) is 0 Å². The Hall–Kier alpha value is -0.780. The molecule has 0 atom stereocenters. The van der Waals surface area contributed by atoms with E-state index in [0.29, 0.717) is 0 Å². The van der Waals surface area contributed by atoms with Gasteiger partial charge < -0.3 is 9.64 Å². The molecule has 1 amide bonds. The maximum absolute atomic E-state index is 12.3. The molecular formula is C11H20F3NO2. The monoisotopic (exact) mass is 255 g/mol. The molecule has 0 bridgehead atoms. The van der Waals surface area contributed by atoms with Crippen LogP contribution in [0, 0.1) is 0 Å². The Kier molecular flexibility index (Phi) is 5.45. The van der Waals surface area contributed by atoms with Gasteiger partial charge in [0.15, 0.2) is 0 Å². The summed E-state index contributed by atoms with van der Waals surface area (Å²) in [5, 5.41) is 0. The summed E-state index contributed by atoms with van der Waals surface area (Å²) in [4.78, 5) is 12.4. The van der Waals surface area contributed by atoms with Crippen LogP contribution in [0.15, 0.2) is 0 Å². The molecule has 0 saturated heterocycles. The molecule has 17 heavy (non-hydrogen) atoms. The minimum Gasteiger partial charge on any atom is -0.366 e. The number of halogens is 3. The van der Waals surface area contributed by atoms with Crippen molar-refractivity contribution >= 4 is 5.91 Å². The standard InChI is InChI=1S/C11H20F3NO2/c1-8(2)15(7-11(12,13)14)9(16)6-17-10(3,4)5/h8H,6-7H2,1-5H3. The topological polar surface area (TPSA) is 29.5 Å². The van der Waals surface area contributed by atoms with Crippen molar-refractivity contribution in [3.05, 3.63) is 0 Å². The maximum Gasteiger partial charge on any atom is 0.406 e. The summed E-state index contributed by atoms with van der Waals surface area (Å²) < 4.78 is 42.0. The van der Waals surface area contributed by atoms with Crippen molar-refractivity contribution in [3.63, 3.8) is 0 Å². The third-order valence-electron chi connectivity index (χ3n) is 1.92. The van der Waals surface area contributed by atoms with Gasteiger partial charge in [-0.1, -0.05) is 0 Å². The summed E-state index contributed by atoms with van der Waals surface area (Å²) in [5.41, 5.74) is -0.545. The summed E-state index contributed by atoms with van der Waals surface area (Å²) in [6, 6.07) is -0.507. The van der Waals surface area contributed by atoms with E-state index in [4.69, 9.17) is 4.74 Å². The van der Waals surface area contributed by atoms with Crippen molar-refractivity contribution in [2.24, 2.45) is 0 Å². The molecule has 0 aliphatic heterocycles. The van der Waals surface area contributed by atoms with Gasteiger partial charge >= 0.3 is 6.18 Å². The highest BCUT2D eigenvalue weighted by Crippen LogP contribution is 2.18. The summed E-state index contributed by atoms with van der Waals surface area (Å²) in [7, 11) is 0. The third-order valence-corrected chi connectivity index (χ3v) is 1.92. The first kappa shape index (κ1) is 16.2. The normalized spacial score (nSPS) is 13.0. The quantitative estimate of drug-likeness (QED) is 0.772. The summed E-state index contributed by atoms with van der Waals surface area (Å²) in [6.07, 6.45) is -4.39. The molecule has 3 nitrogen and oxygen atoms in total. The Morgan fingerprint density at radius 2 is 1.71 bits per heavy atom. The second-order valence-corrected chi connectivity index (χ2v) is 5.13. The number of hydrogen-bond donors (Lipinski definition) is 0. The number of nitrogens with zero attached hydrogens (tertiary/aromatic N) is 1. The second-order valence-electron chi connectivity index (χ2n) is 5.13. The largest absolute Gasteiger partial charge is 0.406 e. The first-order valence-electron chi connectivity index (χ1n) is 5.42. The molecule has 0 N–H and O–H groups in total. The number of carbonyl (C=O) groups excluding carboxylic acids is 1. The van der Waals surface area contributed by atoms with Gasteiger partial charge in [-0.15, -0.1) is 0 Å². The molecule has 0 aliphatic carbocycles. The molecule has 6 heteroatoms. The molecular weight excluding hydrogens is 235 g/mol. The maximum atomic E-state index is 12.3. The highest BCUT2D eigenvalue weighted by Gasteiger charge is 2.34. The van der Waals surface area contributed by atoms with Crippen molar-refractivity contribution < 1.29 is 22.7 Å². The van der Waals surface area contributed by atoms with E-state index in [0.717, 1.165) is 4.90 Å². The van der Waals surface area contributed by atoms with E-state index in [1.165, 1.54) is 0 Å². The van der Waals surface area contributed by atoms with Gasteiger partial charge in [0.2, 0.25) is 5.91 Å². The Morgan fingerprint density at radius 1 is 1.24 bits per heavy atom. The second kappa shape index (κ2) is 5.71. The first-order valence-corrected chi connectivity index (χ1v) is 5.42. The zero-order valence-electron chi connectivity index (χ0n) is 10.9. The van der Waals surface area contributed by atoms with Gasteiger partial charge in [-0.3, -0.25) is 4.79 Å². The lowest BCUT2D eigenvalue weighted by Crippen LogP contribution is -2.45. The van der Waals surface area contributed by atoms with Crippen LogP contribution in [0.4, 0.5) is 13.2 Å². The Bertz CT molecular complexity index is 256. The molecule has 0 aromatic rings. The van der Waals surface area contributed by atoms with Crippen LogP contribution in [-0.4, -0.2) is 41.8 Å². The molecule has 0 aromatic carbocycles. The Balaban J connectivity index is 4.47. The Morgan fingerprint density at radius 3 is 2.00 bits per heavy atom. The summed E-state index contributed by atoms with van der Waals surface area (Å²) in [6.45, 7) is 6.73. The van der Waals surface area contributed by atoms with Gasteiger partial charge in [-0.2, -0.15) is 13.2 Å². The Labute approximate surface area is 99.9 Å². The number of alkyl halides is 3. The number of hydrogen-bond acceptors (Lipinski definition) is 2. The predicted molar refractivity (Wildman–Crippen MR) is 58.6 cm³/mol. The zero-order chi connectivity index (χ0) is 13.9. The molecule has 0 heterocycles. The number of rotatable bonds is 4. The lowest BCUT2D eigenvalue weighted by atomic mass is 10.2. The van der Waals surface area contributed by atoms with Crippen LogP contribution in [0.2, 0.25) is 0 Å². The van der Waals surface area contributed by atoms with Crippen molar-refractivity contribution in [3.8, 4) is 0 Å². The van der Waals surface area contributed by atoms with E-state index in [1.807, 2.05) is 0 Å². The fourth-order valence-corrected chi connectivity index (χ4v) is 1.11. The molecule has 0 aliphatic rings. The zero-order valence-corrected chi connectivity index (χ0v) is 10.9. The molecule has 0 saturated carbocycles. The predicted octanol–water partition coefficient (Wildman–Crippen LogP) is 2.60. The van der Waals surface area contributed by atoms with Gasteiger partial charge in [0.1, 0.15) is 13.2 Å². The van der Waals surface area contributed by atoms with Gasteiger partial charge in [0.25, 0.3) is 0 Å².